The van der Waals surface area contributed by atoms with Crippen LogP contribution >= 0.6 is 0 Å². The molecule has 1 aromatic rings. The molecule has 1 spiro atoms. The number of likely N-dealkylation sites (tertiary alicyclic amines) is 1. The molecular weight excluding hydrogens is 292 g/mol. The molecule has 3 rings (SSSR count). The van der Waals surface area contributed by atoms with Gasteiger partial charge in [-0.15, -0.1) is 0 Å². The lowest BCUT2D eigenvalue weighted by Crippen LogP contribution is -2.33. The van der Waals surface area contributed by atoms with Crippen molar-refractivity contribution in [2.45, 2.75) is 26.7 Å². The van der Waals surface area contributed by atoms with Crippen molar-refractivity contribution >= 4 is 5.91 Å². The topological polar surface area (TPSA) is 50.8 Å². The monoisotopic (exact) mass is 318 g/mol. The molecule has 1 amide bonds. The number of rotatable bonds is 5. The van der Waals surface area contributed by atoms with Crippen molar-refractivity contribution in [2.24, 2.45) is 5.41 Å². The first-order chi connectivity index (χ1) is 11.2. The normalized spacial score (nSPS) is 23.5. The van der Waals surface area contributed by atoms with Crippen molar-refractivity contribution in [1.82, 2.24) is 10.2 Å². The molecule has 126 valence electrons. The van der Waals surface area contributed by atoms with Crippen LogP contribution < -0.4 is 14.8 Å². The Kier molecular flexibility index (Phi) is 4.76. The van der Waals surface area contributed by atoms with Gasteiger partial charge in [-0.1, -0.05) is 0 Å². The van der Waals surface area contributed by atoms with Crippen LogP contribution in [0.5, 0.6) is 11.5 Å². The van der Waals surface area contributed by atoms with Gasteiger partial charge in [0, 0.05) is 30.6 Å². The highest BCUT2D eigenvalue weighted by Gasteiger charge is 2.42. The highest BCUT2D eigenvalue weighted by molar-refractivity contribution is 5.95. The lowest BCUT2D eigenvalue weighted by Gasteiger charge is -2.23. The summed E-state index contributed by atoms with van der Waals surface area (Å²) in [7, 11) is 0. The van der Waals surface area contributed by atoms with Gasteiger partial charge >= 0.3 is 0 Å². The Morgan fingerprint density at radius 2 is 2.00 bits per heavy atom. The number of hydrogen-bond acceptors (Lipinski definition) is 4. The van der Waals surface area contributed by atoms with E-state index < -0.39 is 0 Å². The number of carbonyl (C=O) groups is 1. The SMILES string of the molecule is CCOc1ccc(C(=O)N2CCC3(CCNC3)C2)cc1OCC. The van der Waals surface area contributed by atoms with E-state index in [9.17, 15) is 4.79 Å². The van der Waals surface area contributed by atoms with Crippen molar-refractivity contribution < 1.29 is 14.3 Å². The molecule has 0 radical (unpaired) electrons. The van der Waals surface area contributed by atoms with Gasteiger partial charge in [0.1, 0.15) is 0 Å². The van der Waals surface area contributed by atoms with Crippen LogP contribution in [0, 0.1) is 5.41 Å². The maximum atomic E-state index is 12.8. The average Bonchev–Trinajstić information content (AvgIpc) is 3.19. The zero-order valence-corrected chi connectivity index (χ0v) is 14.1. The second kappa shape index (κ2) is 6.79. The predicted molar refractivity (Wildman–Crippen MR) is 89.2 cm³/mol. The molecule has 0 aliphatic carbocycles. The summed E-state index contributed by atoms with van der Waals surface area (Å²) >= 11 is 0. The van der Waals surface area contributed by atoms with Crippen molar-refractivity contribution in [3.05, 3.63) is 23.8 Å². The molecule has 5 nitrogen and oxygen atoms in total. The van der Waals surface area contributed by atoms with Crippen molar-refractivity contribution in [3.63, 3.8) is 0 Å². The average molecular weight is 318 g/mol. The van der Waals surface area contributed by atoms with Gasteiger partial charge in [-0.05, 0) is 51.4 Å². The van der Waals surface area contributed by atoms with E-state index in [0.29, 0.717) is 35.7 Å². The van der Waals surface area contributed by atoms with Crippen LogP contribution in [-0.2, 0) is 0 Å². The Bertz CT molecular complexity index is 567. The molecule has 5 heteroatoms. The molecule has 1 atom stereocenters. The maximum absolute atomic E-state index is 12.8. The fourth-order valence-electron chi connectivity index (χ4n) is 3.62. The summed E-state index contributed by atoms with van der Waals surface area (Å²) in [6, 6.07) is 5.49. The van der Waals surface area contributed by atoms with Gasteiger partial charge < -0.3 is 19.7 Å². The lowest BCUT2D eigenvalue weighted by molar-refractivity contribution is 0.0775. The molecule has 2 aliphatic rings. The second-order valence-corrected chi connectivity index (χ2v) is 6.43. The molecule has 2 saturated heterocycles. The molecule has 2 fully saturated rings. The van der Waals surface area contributed by atoms with Crippen molar-refractivity contribution in [3.8, 4) is 11.5 Å². The number of carbonyl (C=O) groups excluding carboxylic acids is 1. The first-order valence-corrected chi connectivity index (χ1v) is 8.57. The van der Waals surface area contributed by atoms with E-state index in [1.165, 1.54) is 6.42 Å². The van der Waals surface area contributed by atoms with Crippen LogP contribution in [0.25, 0.3) is 0 Å². The quantitative estimate of drug-likeness (QED) is 0.905. The number of amides is 1. The zero-order valence-electron chi connectivity index (χ0n) is 14.1. The Morgan fingerprint density at radius 3 is 2.70 bits per heavy atom. The third kappa shape index (κ3) is 3.29. The number of nitrogens with zero attached hydrogens (tertiary/aromatic N) is 1. The minimum Gasteiger partial charge on any atom is -0.490 e. The molecule has 2 aliphatic heterocycles. The molecule has 0 bridgehead atoms. The van der Waals surface area contributed by atoms with Gasteiger partial charge in [-0.2, -0.15) is 0 Å². The van der Waals surface area contributed by atoms with Crippen LogP contribution in [-0.4, -0.2) is 50.2 Å². The van der Waals surface area contributed by atoms with E-state index >= 15 is 0 Å². The van der Waals surface area contributed by atoms with E-state index in [4.69, 9.17) is 9.47 Å². The largest absolute Gasteiger partial charge is 0.490 e. The van der Waals surface area contributed by atoms with Crippen LogP contribution in [0.4, 0.5) is 0 Å². The van der Waals surface area contributed by atoms with Crippen molar-refractivity contribution in [2.75, 3.05) is 39.4 Å². The summed E-state index contributed by atoms with van der Waals surface area (Å²) in [6.45, 7) is 8.80. The van der Waals surface area contributed by atoms with E-state index in [1.54, 1.807) is 0 Å². The fourth-order valence-corrected chi connectivity index (χ4v) is 3.62. The summed E-state index contributed by atoms with van der Waals surface area (Å²) in [5.74, 6) is 1.44. The van der Waals surface area contributed by atoms with E-state index in [0.717, 1.165) is 32.6 Å². The second-order valence-electron chi connectivity index (χ2n) is 6.43. The molecule has 1 N–H and O–H groups in total. The van der Waals surface area contributed by atoms with Crippen LogP contribution in [0.15, 0.2) is 18.2 Å². The molecular formula is C18H26N2O3. The van der Waals surface area contributed by atoms with Crippen LogP contribution in [0.1, 0.15) is 37.0 Å². The summed E-state index contributed by atoms with van der Waals surface area (Å²) < 4.78 is 11.2. The Morgan fingerprint density at radius 1 is 1.22 bits per heavy atom. The van der Waals surface area contributed by atoms with Gasteiger partial charge in [-0.3, -0.25) is 4.79 Å². The fraction of sp³-hybridized carbons (Fsp3) is 0.611. The standard InChI is InChI=1S/C18H26N2O3/c1-3-22-15-6-5-14(11-16(15)23-4-2)17(21)20-10-8-18(13-20)7-9-19-12-18/h5-6,11,19H,3-4,7-10,12-13H2,1-2H3. The van der Waals surface area contributed by atoms with Gasteiger partial charge in [-0.25, -0.2) is 0 Å². The third-order valence-electron chi connectivity index (χ3n) is 4.85. The summed E-state index contributed by atoms with van der Waals surface area (Å²) in [6.07, 6.45) is 2.27. The molecule has 23 heavy (non-hydrogen) atoms. The van der Waals surface area contributed by atoms with Crippen LogP contribution in [0.2, 0.25) is 0 Å². The van der Waals surface area contributed by atoms with E-state index in [1.807, 2.05) is 36.9 Å². The molecule has 1 unspecified atom stereocenters. The number of hydrogen-bond donors (Lipinski definition) is 1. The minimum absolute atomic E-state index is 0.0952. The summed E-state index contributed by atoms with van der Waals surface area (Å²) in [5.41, 5.74) is 0.976. The van der Waals surface area contributed by atoms with Gasteiger partial charge in [0.05, 0.1) is 13.2 Å². The van der Waals surface area contributed by atoms with E-state index in [2.05, 4.69) is 5.32 Å². The number of nitrogens with one attached hydrogen (secondary N) is 1. The number of ether oxygens (including phenoxy) is 2. The van der Waals surface area contributed by atoms with Gasteiger partial charge in [0.25, 0.3) is 5.91 Å². The zero-order chi connectivity index (χ0) is 16.3. The highest BCUT2D eigenvalue weighted by atomic mass is 16.5. The summed E-state index contributed by atoms with van der Waals surface area (Å²) in [4.78, 5) is 14.8. The minimum atomic E-state index is 0.0952. The Hall–Kier alpha value is -1.75. The predicted octanol–water partition coefficient (Wildman–Crippen LogP) is 2.31. The van der Waals surface area contributed by atoms with E-state index in [-0.39, 0.29) is 5.91 Å². The maximum Gasteiger partial charge on any atom is 0.254 e. The third-order valence-corrected chi connectivity index (χ3v) is 4.85. The van der Waals surface area contributed by atoms with Crippen molar-refractivity contribution in [1.29, 1.82) is 0 Å². The first kappa shape index (κ1) is 16.1. The summed E-state index contributed by atoms with van der Waals surface area (Å²) in [5, 5.41) is 3.43. The Labute approximate surface area is 137 Å². The molecule has 0 saturated carbocycles. The lowest BCUT2D eigenvalue weighted by atomic mass is 9.86. The van der Waals surface area contributed by atoms with Gasteiger partial charge in [0.2, 0.25) is 0 Å². The Balaban J connectivity index is 1.75. The molecule has 0 aromatic heterocycles. The van der Waals surface area contributed by atoms with Crippen LogP contribution in [0.3, 0.4) is 0 Å². The number of benzene rings is 1. The first-order valence-electron chi connectivity index (χ1n) is 8.57. The smallest absolute Gasteiger partial charge is 0.254 e. The highest BCUT2D eigenvalue weighted by Crippen LogP contribution is 2.37. The molecule has 2 heterocycles. The van der Waals surface area contributed by atoms with Gasteiger partial charge in [0.15, 0.2) is 11.5 Å². The molecule has 1 aromatic carbocycles.